The molecule has 0 bridgehead atoms. The van der Waals surface area contributed by atoms with Crippen molar-refractivity contribution in [3.63, 3.8) is 0 Å². The fraction of sp³-hybridized carbons (Fsp3) is 0.267. The molecule has 0 spiro atoms. The molecule has 2 rings (SSSR count). The normalized spacial score (nSPS) is 12.2. The van der Waals surface area contributed by atoms with Crippen LogP contribution in [-0.2, 0) is 6.42 Å². The summed E-state index contributed by atoms with van der Waals surface area (Å²) < 4.78 is 44.1. The first kappa shape index (κ1) is 15.2. The molecule has 0 fully saturated rings. The Labute approximate surface area is 119 Å². The molecular formula is C15H14F3NO2. The predicted molar refractivity (Wildman–Crippen MR) is 70.3 cm³/mol. The van der Waals surface area contributed by atoms with Crippen molar-refractivity contribution < 1.29 is 22.4 Å². The fourth-order valence-corrected chi connectivity index (χ4v) is 1.88. The molecule has 0 saturated carbocycles. The number of carbonyl (C=O) groups excluding carboxylic acids is 1. The average Bonchev–Trinajstić information content (AvgIpc) is 2.95. The number of furan rings is 1. The van der Waals surface area contributed by atoms with Crippen molar-refractivity contribution >= 4 is 5.91 Å². The van der Waals surface area contributed by atoms with Gasteiger partial charge in [0, 0.05) is 18.0 Å². The number of hydrogen-bond donors (Lipinski definition) is 1. The lowest BCUT2D eigenvalue weighted by molar-refractivity contribution is 0.0937. The Hall–Kier alpha value is -2.24. The van der Waals surface area contributed by atoms with Gasteiger partial charge in [0.1, 0.15) is 5.76 Å². The smallest absolute Gasteiger partial charge is 0.251 e. The van der Waals surface area contributed by atoms with Crippen molar-refractivity contribution in [2.45, 2.75) is 25.8 Å². The molecule has 112 valence electrons. The van der Waals surface area contributed by atoms with E-state index in [0.717, 1.165) is 5.76 Å². The van der Waals surface area contributed by atoms with Gasteiger partial charge in [-0.3, -0.25) is 4.79 Å². The third-order valence-electron chi connectivity index (χ3n) is 3.03. The third-order valence-corrected chi connectivity index (χ3v) is 3.03. The molecule has 1 N–H and O–H groups in total. The standard InChI is InChI=1S/C15H14F3NO2/c1-9(4-5-11-3-2-6-21-11)19-15(20)10-7-12(16)14(18)13(17)8-10/h2-3,6-9H,4-5H2,1H3,(H,19,20). The molecule has 2 aromatic rings. The summed E-state index contributed by atoms with van der Waals surface area (Å²) >= 11 is 0. The summed E-state index contributed by atoms with van der Waals surface area (Å²) in [5.41, 5.74) is -0.253. The molecule has 0 aliphatic rings. The second-order valence-electron chi connectivity index (χ2n) is 4.75. The Morgan fingerprint density at radius 2 is 1.95 bits per heavy atom. The zero-order valence-electron chi connectivity index (χ0n) is 11.3. The van der Waals surface area contributed by atoms with Crippen LogP contribution in [0.4, 0.5) is 13.2 Å². The first-order valence-corrected chi connectivity index (χ1v) is 6.45. The average molecular weight is 297 g/mol. The summed E-state index contributed by atoms with van der Waals surface area (Å²) in [4.78, 5) is 11.8. The van der Waals surface area contributed by atoms with Crippen LogP contribution >= 0.6 is 0 Å². The molecule has 1 aromatic heterocycles. The molecule has 0 aliphatic carbocycles. The summed E-state index contributed by atoms with van der Waals surface area (Å²) in [6, 6.07) is 4.71. The van der Waals surface area contributed by atoms with Crippen LogP contribution in [-0.4, -0.2) is 11.9 Å². The summed E-state index contributed by atoms with van der Waals surface area (Å²) in [5.74, 6) is -4.22. The van der Waals surface area contributed by atoms with Crippen molar-refractivity contribution in [3.8, 4) is 0 Å². The van der Waals surface area contributed by atoms with E-state index in [1.165, 1.54) is 0 Å². The van der Waals surface area contributed by atoms with E-state index < -0.39 is 23.4 Å². The molecule has 0 aliphatic heterocycles. The molecule has 3 nitrogen and oxygen atoms in total. The number of hydrogen-bond acceptors (Lipinski definition) is 2. The van der Waals surface area contributed by atoms with Gasteiger partial charge in [0.05, 0.1) is 6.26 Å². The minimum atomic E-state index is -1.59. The van der Waals surface area contributed by atoms with E-state index in [1.54, 1.807) is 19.3 Å². The van der Waals surface area contributed by atoms with Gasteiger partial charge in [-0.1, -0.05) is 0 Å². The van der Waals surface area contributed by atoms with E-state index in [2.05, 4.69) is 5.32 Å². The topological polar surface area (TPSA) is 42.2 Å². The van der Waals surface area contributed by atoms with Crippen molar-refractivity contribution in [1.29, 1.82) is 0 Å². The highest BCUT2D eigenvalue weighted by molar-refractivity contribution is 5.94. The van der Waals surface area contributed by atoms with Crippen molar-refractivity contribution in [1.82, 2.24) is 5.32 Å². The van der Waals surface area contributed by atoms with Gasteiger partial charge in [0.2, 0.25) is 0 Å². The minimum absolute atomic E-state index is 0.223. The monoisotopic (exact) mass is 297 g/mol. The van der Waals surface area contributed by atoms with Gasteiger partial charge in [-0.15, -0.1) is 0 Å². The fourth-order valence-electron chi connectivity index (χ4n) is 1.88. The molecule has 1 aromatic carbocycles. The summed E-state index contributed by atoms with van der Waals surface area (Å²) in [7, 11) is 0. The molecule has 6 heteroatoms. The summed E-state index contributed by atoms with van der Waals surface area (Å²) in [5, 5.41) is 2.60. The summed E-state index contributed by atoms with van der Waals surface area (Å²) in [6.07, 6.45) is 2.79. The number of aryl methyl sites for hydroxylation is 1. The highest BCUT2D eigenvalue weighted by Crippen LogP contribution is 2.14. The summed E-state index contributed by atoms with van der Waals surface area (Å²) in [6.45, 7) is 1.76. The lowest BCUT2D eigenvalue weighted by atomic mass is 10.1. The minimum Gasteiger partial charge on any atom is -0.469 e. The molecule has 1 amide bonds. The number of carbonyl (C=O) groups is 1. The Balaban J connectivity index is 1.94. The molecule has 21 heavy (non-hydrogen) atoms. The number of rotatable bonds is 5. The van der Waals surface area contributed by atoms with Gasteiger partial charge in [0.25, 0.3) is 5.91 Å². The lowest BCUT2D eigenvalue weighted by Gasteiger charge is -2.13. The zero-order chi connectivity index (χ0) is 15.4. The van der Waals surface area contributed by atoms with E-state index >= 15 is 0 Å². The van der Waals surface area contributed by atoms with Crippen molar-refractivity contribution in [2.75, 3.05) is 0 Å². The van der Waals surface area contributed by atoms with E-state index in [1.807, 2.05) is 6.07 Å². The number of amides is 1. The number of halogens is 3. The van der Waals surface area contributed by atoms with Crippen LogP contribution in [0.3, 0.4) is 0 Å². The van der Waals surface area contributed by atoms with Gasteiger partial charge >= 0.3 is 0 Å². The Bertz CT molecular complexity index is 603. The van der Waals surface area contributed by atoms with E-state index in [-0.39, 0.29) is 11.6 Å². The van der Waals surface area contributed by atoms with Gasteiger partial charge < -0.3 is 9.73 Å². The van der Waals surface area contributed by atoms with Gasteiger partial charge in [-0.25, -0.2) is 13.2 Å². The van der Waals surface area contributed by atoms with Crippen molar-refractivity contribution in [2.24, 2.45) is 0 Å². The molecule has 0 radical (unpaired) electrons. The van der Waals surface area contributed by atoms with Crippen LogP contribution in [0.5, 0.6) is 0 Å². The maximum Gasteiger partial charge on any atom is 0.251 e. The highest BCUT2D eigenvalue weighted by Gasteiger charge is 2.16. The van der Waals surface area contributed by atoms with Crippen LogP contribution in [0, 0.1) is 17.5 Å². The molecular weight excluding hydrogens is 283 g/mol. The van der Waals surface area contributed by atoms with E-state index in [9.17, 15) is 18.0 Å². The Kier molecular flexibility index (Phi) is 4.67. The molecule has 0 saturated heterocycles. The first-order valence-electron chi connectivity index (χ1n) is 6.45. The molecule has 1 heterocycles. The van der Waals surface area contributed by atoms with Gasteiger partial charge in [-0.2, -0.15) is 0 Å². The van der Waals surface area contributed by atoms with Gasteiger partial charge in [-0.05, 0) is 37.6 Å². The van der Waals surface area contributed by atoms with Gasteiger partial charge in [0.15, 0.2) is 17.5 Å². The Morgan fingerprint density at radius 1 is 1.29 bits per heavy atom. The SMILES string of the molecule is CC(CCc1ccco1)NC(=O)c1cc(F)c(F)c(F)c1. The second-order valence-corrected chi connectivity index (χ2v) is 4.75. The van der Waals surface area contributed by atoms with Crippen LogP contribution in [0.2, 0.25) is 0 Å². The van der Waals surface area contributed by atoms with Crippen LogP contribution in [0.1, 0.15) is 29.5 Å². The van der Waals surface area contributed by atoms with E-state index in [4.69, 9.17) is 4.42 Å². The Morgan fingerprint density at radius 3 is 2.52 bits per heavy atom. The lowest BCUT2D eigenvalue weighted by Crippen LogP contribution is -2.33. The zero-order valence-corrected chi connectivity index (χ0v) is 11.3. The molecule has 1 unspecified atom stereocenters. The quantitative estimate of drug-likeness (QED) is 0.859. The van der Waals surface area contributed by atoms with Crippen LogP contribution < -0.4 is 5.32 Å². The highest BCUT2D eigenvalue weighted by atomic mass is 19.2. The predicted octanol–water partition coefficient (Wildman–Crippen LogP) is 3.45. The maximum atomic E-state index is 13.1. The third kappa shape index (κ3) is 3.87. The molecule has 1 atom stereocenters. The maximum absolute atomic E-state index is 13.1. The van der Waals surface area contributed by atoms with E-state index in [0.29, 0.717) is 25.0 Å². The van der Waals surface area contributed by atoms with Crippen LogP contribution in [0.15, 0.2) is 34.9 Å². The van der Waals surface area contributed by atoms with Crippen molar-refractivity contribution in [3.05, 3.63) is 59.3 Å². The van der Waals surface area contributed by atoms with Crippen LogP contribution in [0.25, 0.3) is 0 Å². The number of benzene rings is 1. The number of nitrogens with one attached hydrogen (secondary N) is 1. The second kappa shape index (κ2) is 6.47. The largest absolute Gasteiger partial charge is 0.469 e. The first-order chi connectivity index (χ1) is 9.97.